The van der Waals surface area contributed by atoms with Gasteiger partial charge in [-0.05, 0) is 17.6 Å². The fourth-order valence-electron chi connectivity index (χ4n) is 0.750. The Bertz CT molecular complexity index is 305. The highest BCUT2D eigenvalue weighted by Gasteiger charge is 2.17. The Balaban J connectivity index is 3.23. The molecular weight excluding hydrogens is 230 g/mol. The largest absolute Gasteiger partial charge is 0.505 e. The summed E-state index contributed by atoms with van der Waals surface area (Å²) in [7, 11) is -1.76. The van der Waals surface area contributed by atoms with Crippen molar-refractivity contribution in [1.82, 2.24) is 0 Å². The average Bonchev–Trinajstić information content (AvgIpc) is 1.96. The van der Waals surface area contributed by atoms with E-state index in [-0.39, 0.29) is 9.94 Å². The summed E-state index contributed by atoms with van der Waals surface area (Å²) >= 11 is 2.94. The van der Waals surface area contributed by atoms with E-state index in [0.29, 0.717) is 0 Å². The van der Waals surface area contributed by atoms with Crippen LogP contribution in [-0.4, -0.2) is 22.3 Å². The highest BCUT2D eigenvalue weighted by Crippen LogP contribution is 2.19. The van der Waals surface area contributed by atoms with E-state index in [1.54, 1.807) is 0 Å². The van der Waals surface area contributed by atoms with E-state index in [2.05, 4.69) is 15.9 Å². The molecule has 0 amide bonds. The number of benzene rings is 1. The van der Waals surface area contributed by atoms with E-state index >= 15 is 0 Å². The predicted molar refractivity (Wildman–Crippen MR) is 45.6 cm³/mol. The van der Waals surface area contributed by atoms with Gasteiger partial charge in [-0.3, -0.25) is 0 Å². The number of rotatable bonds is 1. The molecule has 1 aromatic rings. The standard InChI is InChI=1S/C6H5BBrFO3/c8-4-2-6(10)5(9)1-3(4)7(11)12/h1-2,10-12H. The first kappa shape index (κ1) is 9.50. The number of hydrogen-bond acceptors (Lipinski definition) is 3. The Kier molecular flexibility index (Phi) is 2.71. The number of hydrogen-bond donors (Lipinski definition) is 3. The quantitative estimate of drug-likeness (QED) is 0.599. The Morgan fingerprint density at radius 2 is 1.92 bits per heavy atom. The molecule has 0 saturated carbocycles. The molecule has 1 aromatic carbocycles. The normalized spacial score (nSPS) is 10.0. The van der Waals surface area contributed by atoms with Gasteiger partial charge in [0.2, 0.25) is 0 Å². The van der Waals surface area contributed by atoms with Crippen LogP contribution < -0.4 is 5.46 Å². The molecule has 0 bridgehead atoms. The van der Waals surface area contributed by atoms with E-state index < -0.39 is 18.7 Å². The second kappa shape index (κ2) is 3.43. The number of phenols is 1. The van der Waals surface area contributed by atoms with Crippen LogP contribution in [0.15, 0.2) is 16.6 Å². The van der Waals surface area contributed by atoms with Crippen molar-refractivity contribution in [2.75, 3.05) is 0 Å². The minimum atomic E-state index is -1.76. The average molecular weight is 235 g/mol. The minimum Gasteiger partial charge on any atom is -0.505 e. The zero-order chi connectivity index (χ0) is 9.30. The van der Waals surface area contributed by atoms with Gasteiger partial charge in [-0.1, -0.05) is 15.9 Å². The maximum Gasteiger partial charge on any atom is 0.489 e. The highest BCUT2D eigenvalue weighted by molar-refractivity contribution is 9.10. The smallest absolute Gasteiger partial charge is 0.489 e. The van der Waals surface area contributed by atoms with Gasteiger partial charge in [0, 0.05) is 4.47 Å². The molecule has 12 heavy (non-hydrogen) atoms. The summed E-state index contributed by atoms with van der Waals surface area (Å²) in [5.41, 5.74) is -0.0229. The van der Waals surface area contributed by atoms with Gasteiger partial charge < -0.3 is 15.2 Å². The van der Waals surface area contributed by atoms with Gasteiger partial charge in [-0.15, -0.1) is 0 Å². The second-order valence-electron chi connectivity index (χ2n) is 2.20. The molecule has 6 heteroatoms. The molecule has 0 aliphatic heterocycles. The van der Waals surface area contributed by atoms with E-state index in [1.807, 2.05) is 0 Å². The van der Waals surface area contributed by atoms with Crippen molar-refractivity contribution in [2.24, 2.45) is 0 Å². The first-order chi connectivity index (χ1) is 5.52. The fraction of sp³-hybridized carbons (Fsp3) is 0. The van der Waals surface area contributed by atoms with Crippen molar-refractivity contribution >= 4 is 28.5 Å². The lowest BCUT2D eigenvalue weighted by atomic mass is 9.80. The van der Waals surface area contributed by atoms with Crippen LogP contribution in [-0.2, 0) is 0 Å². The lowest BCUT2D eigenvalue weighted by Crippen LogP contribution is -2.31. The molecule has 0 aliphatic carbocycles. The lowest BCUT2D eigenvalue weighted by Gasteiger charge is -2.03. The fourth-order valence-corrected chi connectivity index (χ4v) is 1.29. The van der Waals surface area contributed by atoms with Gasteiger partial charge in [-0.25, -0.2) is 4.39 Å². The summed E-state index contributed by atoms with van der Waals surface area (Å²) in [6.45, 7) is 0. The predicted octanol–water partition coefficient (Wildman–Crippen LogP) is -0.0264. The van der Waals surface area contributed by atoms with Gasteiger partial charge in [0.15, 0.2) is 11.6 Å². The molecular formula is C6H5BBrFO3. The molecule has 0 saturated heterocycles. The molecule has 0 heterocycles. The Hall–Kier alpha value is -0.585. The van der Waals surface area contributed by atoms with Gasteiger partial charge in [-0.2, -0.15) is 0 Å². The van der Waals surface area contributed by atoms with Crippen molar-refractivity contribution in [3.05, 3.63) is 22.4 Å². The molecule has 0 radical (unpaired) electrons. The van der Waals surface area contributed by atoms with E-state index in [9.17, 15) is 4.39 Å². The molecule has 0 unspecified atom stereocenters. The van der Waals surface area contributed by atoms with Crippen LogP contribution in [0.5, 0.6) is 5.75 Å². The van der Waals surface area contributed by atoms with Gasteiger partial charge in [0.1, 0.15) is 0 Å². The van der Waals surface area contributed by atoms with Crippen molar-refractivity contribution in [1.29, 1.82) is 0 Å². The van der Waals surface area contributed by atoms with Crippen LogP contribution in [0.4, 0.5) is 4.39 Å². The van der Waals surface area contributed by atoms with Gasteiger partial charge in [0.05, 0.1) is 0 Å². The topological polar surface area (TPSA) is 60.7 Å². The zero-order valence-corrected chi connectivity index (χ0v) is 7.42. The third-order valence-electron chi connectivity index (χ3n) is 1.34. The molecule has 64 valence electrons. The first-order valence-corrected chi connectivity index (χ1v) is 3.85. The first-order valence-electron chi connectivity index (χ1n) is 3.06. The van der Waals surface area contributed by atoms with Crippen LogP contribution in [0.2, 0.25) is 0 Å². The van der Waals surface area contributed by atoms with Crippen LogP contribution >= 0.6 is 15.9 Å². The highest BCUT2D eigenvalue weighted by atomic mass is 79.9. The van der Waals surface area contributed by atoms with E-state index in [0.717, 1.165) is 12.1 Å². The molecule has 3 nitrogen and oxygen atoms in total. The van der Waals surface area contributed by atoms with Crippen LogP contribution in [0.3, 0.4) is 0 Å². The summed E-state index contributed by atoms with van der Waals surface area (Å²) in [6.07, 6.45) is 0. The second-order valence-corrected chi connectivity index (χ2v) is 3.05. The Morgan fingerprint density at radius 3 is 2.42 bits per heavy atom. The maximum atomic E-state index is 12.6. The lowest BCUT2D eigenvalue weighted by molar-refractivity contribution is 0.421. The third kappa shape index (κ3) is 1.77. The minimum absolute atomic E-state index is 0.0229. The summed E-state index contributed by atoms with van der Waals surface area (Å²) in [4.78, 5) is 0. The summed E-state index contributed by atoms with van der Waals surface area (Å²) < 4.78 is 12.9. The molecule has 0 aliphatic rings. The van der Waals surface area contributed by atoms with Gasteiger partial charge >= 0.3 is 7.12 Å². The Morgan fingerprint density at radius 1 is 1.33 bits per heavy atom. The number of halogens is 2. The molecule has 0 aromatic heterocycles. The van der Waals surface area contributed by atoms with Crippen LogP contribution in [0.25, 0.3) is 0 Å². The van der Waals surface area contributed by atoms with Crippen molar-refractivity contribution < 1.29 is 19.5 Å². The molecule has 0 spiro atoms. The molecule has 1 rings (SSSR count). The monoisotopic (exact) mass is 234 g/mol. The third-order valence-corrected chi connectivity index (χ3v) is 2.03. The van der Waals surface area contributed by atoms with E-state index in [1.165, 1.54) is 0 Å². The summed E-state index contributed by atoms with van der Waals surface area (Å²) in [5.74, 6) is -1.42. The molecule has 0 fully saturated rings. The summed E-state index contributed by atoms with van der Waals surface area (Å²) in [5, 5.41) is 26.2. The Labute approximate surface area is 76.7 Å². The molecule has 3 N–H and O–H groups in total. The van der Waals surface area contributed by atoms with Crippen molar-refractivity contribution in [2.45, 2.75) is 0 Å². The van der Waals surface area contributed by atoms with Crippen molar-refractivity contribution in [3.8, 4) is 5.75 Å². The molecule has 0 atom stereocenters. The van der Waals surface area contributed by atoms with Crippen LogP contribution in [0, 0.1) is 5.82 Å². The van der Waals surface area contributed by atoms with Crippen LogP contribution in [0.1, 0.15) is 0 Å². The summed E-state index contributed by atoms with van der Waals surface area (Å²) in [6, 6.07) is 1.91. The maximum absolute atomic E-state index is 12.6. The zero-order valence-electron chi connectivity index (χ0n) is 5.83. The number of phenolic OH excluding ortho intramolecular Hbond substituents is 1. The number of aromatic hydroxyl groups is 1. The van der Waals surface area contributed by atoms with E-state index in [4.69, 9.17) is 15.2 Å². The van der Waals surface area contributed by atoms with Crippen molar-refractivity contribution in [3.63, 3.8) is 0 Å². The van der Waals surface area contributed by atoms with Gasteiger partial charge in [0.25, 0.3) is 0 Å². The SMILES string of the molecule is OB(O)c1cc(F)c(O)cc1Br.